The van der Waals surface area contributed by atoms with Crippen LogP contribution < -0.4 is 4.90 Å². The fourth-order valence-corrected chi connectivity index (χ4v) is 2.72. The van der Waals surface area contributed by atoms with Gasteiger partial charge in [0.1, 0.15) is 0 Å². The van der Waals surface area contributed by atoms with E-state index < -0.39 is 0 Å². The Balaban J connectivity index is 1.76. The zero-order chi connectivity index (χ0) is 13.9. The van der Waals surface area contributed by atoms with Crippen molar-refractivity contribution in [2.45, 2.75) is 6.42 Å². The maximum Gasteiger partial charge on any atom is 0.151 e. The third-order valence-electron chi connectivity index (χ3n) is 3.66. The highest BCUT2D eigenvalue weighted by Gasteiger charge is 2.22. The molecular formula is C15H16BrN3O. The molecule has 1 saturated heterocycles. The predicted molar refractivity (Wildman–Crippen MR) is 82.6 cm³/mol. The molecule has 3 rings (SSSR count). The van der Waals surface area contributed by atoms with Gasteiger partial charge in [0, 0.05) is 35.7 Å². The van der Waals surface area contributed by atoms with Gasteiger partial charge in [0.25, 0.3) is 0 Å². The van der Waals surface area contributed by atoms with Crippen molar-refractivity contribution >= 4 is 21.7 Å². The number of anilines is 1. The molecule has 2 heterocycles. The fraction of sp³-hybridized carbons (Fsp3) is 0.333. The Bertz CT molecular complexity index is 571. The second kappa shape index (κ2) is 5.89. The van der Waals surface area contributed by atoms with Crippen LogP contribution in [0.1, 0.15) is 6.42 Å². The molecule has 0 bridgehead atoms. The molecule has 20 heavy (non-hydrogen) atoms. The lowest BCUT2D eigenvalue weighted by Gasteiger charge is -2.16. The van der Waals surface area contributed by atoms with E-state index in [0.29, 0.717) is 5.92 Å². The van der Waals surface area contributed by atoms with Crippen LogP contribution in [0.25, 0.3) is 11.3 Å². The van der Waals surface area contributed by atoms with Gasteiger partial charge >= 0.3 is 0 Å². The number of hydrogen-bond acceptors (Lipinski definition) is 4. The first kappa shape index (κ1) is 13.5. The number of aliphatic hydroxyl groups is 1. The highest BCUT2D eigenvalue weighted by atomic mass is 79.9. The van der Waals surface area contributed by atoms with E-state index in [-0.39, 0.29) is 6.61 Å². The molecule has 0 aliphatic carbocycles. The lowest BCUT2D eigenvalue weighted by molar-refractivity contribution is 0.238. The van der Waals surface area contributed by atoms with Crippen molar-refractivity contribution in [1.29, 1.82) is 0 Å². The van der Waals surface area contributed by atoms with E-state index >= 15 is 0 Å². The summed E-state index contributed by atoms with van der Waals surface area (Å²) in [6.07, 6.45) is 1.02. The van der Waals surface area contributed by atoms with Gasteiger partial charge in [-0.05, 0) is 30.7 Å². The third-order valence-corrected chi connectivity index (χ3v) is 4.19. The number of halogens is 1. The molecule has 0 radical (unpaired) electrons. The summed E-state index contributed by atoms with van der Waals surface area (Å²) in [4.78, 5) is 2.18. The van der Waals surface area contributed by atoms with Crippen LogP contribution in [0.2, 0.25) is 0 Å². The van der Waals surface area contributed by atoms with E-state index in [4.69, 9.17) is 0 Å². The van der Waals surface area contributed by atoms with Crippen LogP contribution in [0.4, 0.5) is 5.82 Å². The van der Waals surface area contributed by atoms with E-state index in [1.807, 2.05) is 36.4 Å². The van der Waals surface area contributed by atoms with Crippen LogP contribution in [0.3, 0.4) is 0 Å². The number of benzene rings is 1. The number of nitrogens with zero attached hydrogens (tertiary/aromatic N) is 3. The van der Waals surface area contributed by atoms with E-state index in [2.05, 4.69) is 31.0 Å². The molecular weight excluding hydrogens is 318 g/mol. The number of aromatic nitrogens is 2. The Labute approximate surface area is 126 Å². The van der Waals surface area contributed by atoms with Gasteiger partial charge in [0.05, 0.1) is 5.69 Å². The molecule has 0 spiro atoms. The standard InChI is InChI=1S/C15H16BrN3O/c16-13-3-1-12(2-4-13)14-5-6-15(18-17-14)19-8-7-11(9-19)10-20/h1-6,11,20H,7-10H2. The van der Waals surface area contributed by atoms with Gasteiger partial charge in [-0.15, -0.1) is 10.2 Å². The molecule has 1 N–H and O–H groups in total. The molecule has 1 aromatic carbocycles. The van der Waals surface area contributed by atoms with E-state index in [0.717, 1.165) is 41.1 Å². The predicted octanol–water partition coefficient (Wildman–Crippen LogP) is 2.72. The summed E-state index contributed by atoms with van der Waals surface area (Å²) in [6, 6.07) is 12.0. The van der Waals surface area contributed by atoms with E-state index in [1.54, 1.807) is 0 Å². The topological polar surface area (TPSA) is 49.2 Å². The first-order valence-corrected chi connectivity index (χ1v) is 7.51. The summed E-state index contributed by atoms with van der Waals surface area (Å²) in [5.41, 5.74) is 1.93. The average molecular weight is 334 g/mol. The van der Waals surface area contributed by atoms with Crippen molar-refractivity contribution in [2.24, 2.45) is 5.92 Å². The lowest BCUT2D eigenvalue weighted by atomic mass is 10.1. The summed E-state index contributed by atoms with van der Waals surface area (Å²) in [5, 5.41) is 17.8. The summed E-state index contributed by atoms with van der Waals surface area (Å²) < 4.78 is 1.05. The first-order valence-electron chi connectivity index (χ1n) is 6.72. The number of aliphatic hydroxyl groups excluding tert-OH is 1. The van der Waals surface area contributed by atoms with Crippen LogP contribution >= 0.6 is 15.9 Å². The fourth-order valence-electron chi connectivity index (χ4n) is 2.46. The Hall–Kier alpha value is -1.46. The van der Waals surface area contributed by atoms with Gasteiger partial charge < -0.3 is 10.0 Å². The van der Waals surface area contributed by atoms with Crippen LogP contribution in [0.5, 0.6) is 0 Å². The van der Waals surface area contributed by atoms with Gasteiger partial charge in [-0.3, -0.25) is 0 Å². The Morgan fingerprint density at radius 1 is 1.15 bits per heavy atom. The number of rotatable bonds is 3. The highest BCUT2D eigenvalue weighted by molar-refractivity contribution is 9.10. The molecule has 104 valence electrons. The second-order valence-electron chi connectivity index (χ2n) is 5.07. The molecule has 1 aromatic heterocycles. The smallest absolute Gasteiger partial charge is 0.151 e. The van der Waals surface area contributed by atoms with Gasteiger partial charge in [0.15, 0.2) is 5.82 Å². The van der Waals surface area contributed by atoms with Crippen molar-refractivity contribution in [1.82, 2.24) is 10.2 Å². The van der Waals surface area contributed by atoms with Crippen LogP contribution in [0, 0.1) is 5.92 Å². The summed E-state index contributed by atoms with van der Waals surface area (Å²) >= 11 is 3.42. The molecule has 4 nitrogen and oxygen atoms in total. The van der Waals surface area contributed by atoms with Gasteiger partial charge in [0.2, 0.25) is 0 Å². The van der Waals surface area contributed by atoms with E-state index in [1.165, 1.54) is 0 Å². The van der Waals surface area contributed by atoms with E-state index in [9.17, 15) is 5.11 Å². The number of hydrogen-bond donors (Lipinski definition) is 1. The van der Waals surface area contributed by atoms with Crippen LogP contribution in [-0.4, -0.2) is 35.0 Å². The molecule has 5 heteroatoms. The minimum Gasteiger partial charge on any atom is -0.396 e. The van der Waals surface area contributed by atoms with Crippen LogP contribution in [0.15, 0.2) is 40.9 Å². The molecule has 1 aliphatic heterocycles. The maximum atomic E-state index is 9.18. The zero-order valence-corrected chi connectivity index (χ0v) is 12.6. The molecule has 1 fully saturated rings. The van der Waals surface area contributed by atoms with Crippen molar-refractivity contribution < 1.29 is 5.11 Å². The molecule has 0 saturated carbocycles. The molecule has 2 aromatic rings. The third kappa shape index (κ3) is 2.83. The summed E-state index contributed by atoms with van der Waals surface area (Å²) in [6.45, 7) is 2.06. The molecule has 1 unspecified atom stereocenters. The Kier molecular flexibility index (Phi) is 3.98. The van der Waals surface area contributed by atoms with Crippen molar-refractivity contribution in [3.05, 3.63) is 40.9 Å². The second-order valence-corrected chi connectivity index (χ2v) is 5.98. The van der Waals surface area contributed by atoms with Gasteiger partial charge in [-0.25, -0.2) is 0 Å². The summed E-state index contributed by atoms with van der Waals surface area (Å²) in [5.74, 6) is 1.25. The highest BCUT2D eigenvalue weighted by Crippen LogP contribution is 2.24. The van der Waals surface area contributed by atoms with Crippen LogP contribution in [-0.2, 0) is 0 Å². The summed E-state index contributed by atoms with van der Waals surface area (Å²) in [7, 11) is 0. The maximum absolute atomic E-state index is 9.18. The van der Waals surface area contributed by atoms with Crippen molar-refractivity contribution in [3.63, 3.8) is 0 Å². The molecule has 0 amide bonds. The lowest BCUT2D eigenvalue weighted by Crippen LogP contribution is -2.21. The van der Waals surface area contributed by atoms with Gasteiger partial charge in [-0.2, -0.15) is 0 Å². The molecule has 1 aliphatic rings. The van der Waals surface area contributed by atoms with Gasteiger partial charge in [-0.1, -0.05) is 28.1 Å². The van der Waals surface area contributed by atoms with Crippen molar-refractivity contribution in [2.75, 3.05) is 24.6 Å². The minimum atomic E-state index is 0.251. The Morgan fingerprint density at radius 2 is 1.95 bits per heavy atom. The minimum absolute atomic E-state index is 0.251. The normalized spacial score (nSPS) is 18.5. The quantitative estimate of drug-likeness (QED) is 0.938. The largest absolute Gasteiger partial charge is 0.396 e. The first-order chi connectivity index (χ1) is 9.76. The molecule has 1 atom stereocenters. The van der Waals surface area contributed by atoms with Crippen molar-refractivity contribution in [3.8, 4) is 11.3 Å². The average Bonchev–Trinajstić information content (AvgIpc) is 2.97. The monoisotopic (exact) mass is 333 g/mol. The SMILES string of the molecule is OCC1CCN(c2ccc(-c3ccc(Br)cc3)nn2)C1. The zero-order valence-electron chi connectivity index (χ0n) is 11.0. The Morgan fingerprint density at radius 3 is 2.55 bits per heavy atom.